The standard InChI is InChI=1S/C18H17N5O3S/c1-18(2)12(7-19)16(26)23-17(13(18)8-20)27-9-14(24)22-11-5-3-10(4-6-11)15(21)25/h3-6,12H,9H2,1-2H3,(H2,21,25)(H,22,24)(H,23,26)/t12-/m0/s1. The van der Waals surface area contributed by atoms with Crippen molar-refractivity contribution in [2.24, 2.45) is 17.1 Å². The Morgan fingerprint density at radius 1 is 1.30 bits per heavy atom. The third kappa shape index (κ3) is 4.27. The minimum absolute atomic E-state index is 0.0499. The summed E-state index contributed by atoms with van der Waals surface area (Å²) in [5.74, 6) is -2.44. The summed E-state index contributed by atoms with van der Waals surface area (Å²) in [5.41, 5.74) is 5.28. The number of hydrogen-bond acceptors (Lipinski definition) is 6. The number of nitrogens with one attached hydrogen (secondary N) is 2. The van der Waals surface area contributed by atoms with Crippen LogP contribution in [0.1, 0.15) is 24.2 Å². The lowest BCUT2D eigenvalue weighted by Crippen LogP contribution is -2.44. The van der Waals surface area contributed by atoms with Crippen molar-refractivity contribution in [3.8, 4) is 12.1 Å². The number of anilines is 1. The molecule has 138 valence electrons. The van der Waals surface area contributed by atoms with Gasteiger partial charge in [-0.2, -0.15) is 10.5 Å². The summed E-state index contributed by atoms with van der Waals surface area (Å²) < 4.78 is 0. The second-order valence-corrected chi connectivity index (χ2v) is 7.35. The second-order valence-electron chi connectivity index (χ2n) is 6.37. The number of benzene rings is 1. The molecule has 1 aliphatic heterocycles. The van der Waals surface area contributed by atoms with Gasteiger partial charge in [-0.25, -0.2) is 0 Å². The summed E-state index contributed by atoms with van der Waals surface area (Å²) in [4.78, 5) is 35.3. The number of amides is 3. The van der Waals surface area contributed by atoms with Crippen molar-refractivity contribution < 1.29 is 14.4 Å². The van der Waals surface area contributed by atoms with E-state index in [-0.39, 0.29) is 22.3 Å². The van der Waals surface area contributed by atoms with Crippen LogP contribution in [-0.4, -0.2) is 23.5 Å². The van der Waals surface area contributed by atoms with Gasteiger partial charge in [-0.15, -0.1) is 0 Å². The molecule has 1 atom stereocenters. The minimum Gasteiger partial charge on any atom is -0.366 e. The normalized spacial score (nSPS) is 18.1. The fraction of sp³-hybridized carbons (Fsp3) is 0.278. The average Bonchev–Trinajstić information content (AvgIpc) is 2.60. The van der Waals surface area contributed by atoms with Crippen LogP contribution in [0.15, 0.2) is 34.9 Å². The zero-order chi connectivity index (χ0) is 20.2. The van der Waals surface area contributed by atoms with Gasteiger partial charge >= 0.3 is 0 Å². The Kier molecular flexibility index (Phi) is 5.88. The van der Waals surface area contributed by atoms with E-state index in [2.05, 4.69) is 10.6 Å². The predicted molar refractivity (Wildman–Crippen MR) is 99.7 cm³/mol. The highest BCUT2D eigenvalue weighted by atomic mass is 32.2. The van der Waals surface area contributed by atoms with Crippen molar-refractivity contribution in [2.75, 3.05) is 11.1 Å². The summed E-state index contributed by atoms with van der Waals surface area (Å²) in [7, 11) is 0. The van der Waals surface area contributed by atoms with Gasteiger partial charge in [0.1, 0.15) is 5.92 Å². The highest BCUT2D eigenvalue weighted by molar-refractivity contribution is 8.03. The molecule has 0 unspecified atom stereocenters. The number of primary amides is 1. The summed E-state index contributed by atoms with van der Waals surface area (Å²) >= 11 is 1.01. The van der Waals surface area contributed by atoms with Gasteiger partial charge in [0.2, 0.25) is 17.7 Å². The predicted octanol–water partition coefficient (Wildman–Crippen LogP) is 1.49. The van der Waals surface area contributed by atoms with Crippen LogP contribution in [0.3, 0.4) is 0 Å². The third-order valence-electron chi connectivity index (χ3n) is 4.13. The van der Waals surface area contributed by atoms with Crippen LogP contribution in [-0.2, 0) is 9.59 Å². The molecular formula is C18H17N5O3S. The van der Waals surface area contributed by atoms with Crippen molar-refractivity contribution in [2.45, 2.75) is 13.8 Å². The molecule has 4 N–H and O–H groups in total. The van der Waals surface area contributed by atoms with E-state index in [4.69, 9.17) is 5.73 Å². The van der Waals surface area contributed by atoms with Gasteiger partial charge in [-0.05, 0) is 24.3 Å². The summed E-state index contributed by atoms with van der Waals surface area (Å²) in [6.45, 7) is 3.30. The first kappa shape index (κ1) is 20.0. The smallest absolute Gasteiger partial charge is 0.248 e. The van der Waals surface area contributed by atoms with Crippen LogP contribution < -0.4 is 16.4 Å². The van der Waals surface area contributed by atoms with Crippen LogP contribution in [0.25, 0.3) is 0 Å². The molecule has 0 spiro atoms. The van der Waals surface area contributed by atoms with E-state index in [1.807, 2.05) is 12.1 Å². The van der Waals surface area contributed by atoms with Gasteiger partial charge in [0.05, 0.1) is 28.5 Å². The highest BCUT2D eigenvalue weighted by Crippen LogP contribution is 2.41. The number of nitrogens with two attached hydrogens (primary N) is 1. The Morgan fingerprint density at radius 3 is 2.44 bits per heavy atom. The molecule has 1 aromatic carbocycles. The summed E-state index contributed by atoms with van der Waals surface area (Å²) in [5, 5.41) is 24.1. The van der Waals surface area contributed by atoms with E-state index in [1.54, 1.807) is 26.0 Å². The number of nitriles is 2. The third-order valence-corrected chi connectivity index (χ3v) is 5.14. The lowest BCUT2D eigenvalue weighted by atomic mass is 9.72. The Balaban J connectivity index is 2.08. The van der Waals surface area contributed by atoms with Crippen LogP contribution in [0.4, 0.5) is 5.69 Å². The fourth-order valence-electron chi connectivity index (χ4n) is 2.59. The van der Waals surface area contributed by atoms with Gasteiger partial charge in [-0.3, -0.25) is 14.4 Å². The van der Waals surface area contributed by atoms with Gasteiger partial charge in [-0.1, -0.05) is 25.6 Å². The Labute approximate surface area is 160 Å². The summed E-state index contributed by atoms with van der Waals surface area (Å²) in [6, 6.07) is 10.0. The first-order valence-electron chi connectivity index (χ1n) is 7.88. The molecule has 0 saturated heterocycles. The zero-order valence-electron chi connectivity index (χ0n) is 14.7. The van der Waals surface area contributed by atoms with Crippen LogP contribution in [0, 0.1) is 34.0 Å². The fourth-order valence-corrected chi connectivity index (χ4v) is 3.56. The molecule has 0 fully saturated rings. The first-order chi connectivity index (χ1) is 12.7. The number of carbonyl (C=O) groups excluding carboxylic acids is 3. The maximum absolute atomic E-state index is 12.1. The van der Waals surface area contributed by atoms with Crippen LogP contribution >= 0.6 is 11.8 Å². The number of nitrogens with zero attached hydrogens (tertiary/aromatic N) is 2. The van der Waals surface area contributed by atoms with Gasteiger partial charge in [0.15, 0.2) is 0 Å². The van der Waals surface area contributed by atoms with Gasteiger partial charge < -0.3 is 16.4 Å². The molecule has 0 bridgehead atoms. The minimum atomic E-state index is -0.978. The number of hydrogen-bond donors (Lipinski definition) is 3. The van der Waals surface area contributed by atoms with Crippen molar-refractivity contribution in [3.05, 3.63) is 40.4 Å². The van der Waals surface area contributed by atoms with Crippen molar-refractivity contribution in [1.29, 1.82) is 10.5 Å². The summed E-state index contributed by atoms with van der Waals surface area (Å²) in [6.07, 6.45) is 0. The lowest BCUT2D eigenvalue weighted by Gasteiger charge is -2.34. The number of rotatable bonds is 5. The molecule has 1 heterocycles. The maximum Gasteiger partial charge on any atom is 0.248 e. The van der Waals surface area contributed by atoms with Crippen molar-refractivity contribution in [3.63, 3.8) is 0 Å². The van der Waals surface area contributed by atoms with Gasteiger partial charge in [0, 0.05) is 16.7 Å². The highest BCUT2D eigenvalue weighted by Gasteiger charge is 2.44. The monoisotopic (exact) mass is 383 g/mol. The second kappa shape index (κ2) is 7.94. The van der Waals surface area contributed by atoms with E-state index in [0.29, 0.717) is 11.3 Å². The molecule has 27 heavy (non-hydrogen) atoms. The molecule has 0 aliphatic carbocycles. The van der Waals surface area contributed by atoms with E-state index in [1.165, 1.54) is 12.1 Å². The van der Waals surface area contributed by atoms with E-state index < -0.39 is 23.1 Å². The number of allylic oxidation sites excluding steroid dienone is 1. The molecular weight excluding hydrogens is 366 g/mol. The molecule has 3 amide bonds. The molecule has 2 rings (SSSR count). The Morgan fingerprint density at radius 2 is 1.93 bits per heavy atom. The van der Waals surface area contributed by atoms with Gasteiger partial charge in [0.25, 0.3) is 0 Å². The molecule has 0 radical (unpaired) electrons. The van der Waals surface area contributed by atoms with E-state index in [0.717, 1.165) is 11.8 Å². The first-order valence-corrected chi connectivity index (χ1v) is 8.87. The Hall–Kier alpha value is -3.30. The molecule has 0 aromatic heterocycles. The molecule has 8 nitrogen and oxygen atoms in total. The maximum atomic E-state index is 12.1. The van der Waals surface area contributed by atoms with Crippen LogP contribution in [0.5, 0.6) is 0 Å². The van der Waals surface area contributed by atoms with E-state index >= 15 is 0 Å². The van der Waals surface area contributed by atoms with Crippen molar-refractivity contribution in [1.82, 2.24) is 5.32 Å². The average molecular weight is 383 g/mol. The number of carbonyl (C=O) groups is 3. The zero-order valence-corrected chi connectivity index (χ0v) is 15.5. The molecule has 1 aromatic rings. The SMILES string of the molecule is CC1(C)C(C#N)=C(SCC(=O)Nc2ccc(C(N)=O)cc2)NC(=O)[C@@H]1C#N. The number of thioether (sulfide) groups is 1. The molecule has 1 aliphatic rings. The largest absolute Gasteiger partial charge is 0.366 e. The van der Waals surface area contributed by atoms with E-state index in [9.17, 15) is 24.9 Å². The topological polar surface area (TPSA) is 149 Å². The lowest BCUT2D eigenvalue weighted by molar-refractivity contribution is -0.125. The van der Waals surface area contributed by atoms with Crippen LogP contribution in [0.2, 0.25) is 0 Å². The molecule has 9 heteroatoms. The Bertz CT molecular complexity index is 906. The molecule has 0 saturated carbocycles. The van der Waals surface area contributed by atoms with Crippen molar-refractivity contribution >= 4 is 35.2 Å². The quantitative estimate of drug-likeness (QED) is 0.701.